The predicted octanol–water partition coefficient (Wildman–Crippen LogP) is 1.99. The first kappa shape index (κ1) is 13.9. The van der Waals surface area contributed by atoms with Crippen LogP contribution in [0.2, 0.25) is 0 Å². The molecule has 2 fully saturated rings. The fourth-order valence-electron chi connectivity index (χ4n) is 3.43. The van der Waals surface area contributed by atoms with E-state index in [1.54, 1.807) is 19.4 Å². The van der Waals surface area contributed by atoms with Crippen molar-refractivity contribution in [3.63, 3.8) is 0 Å². The van der Waals surface area contributed by atoms with Crippen LogP contribution in [0.1, 0.15) is 25.0 Å². The second-order valence-electron chi connectivity index (χ2n) is 5.67. The minimum atomic E-state index is -0.234. The molecule has 4 nitrogen and oxygen atoms in total. The van der Waals surface area contributed by atoms with E-state index in [0.717, 1.165) is 39.0 Å². The first-order valence-corrected chi connectivity index (χ1v) is 7.22. The van der Waals surface area contributed by atoms with Crippen molar-refractivity contribution >= 4 is 0 Å². The molecule has 0 unspecified atom stereocenters. The summed E-state index contributed by atoms with van der Waals surface area (Å²) >= 11 is 0. The van der Waals surface area contributed by atoms with Gasteiger partial charge >= 0.3 is 0 Å². The molecule has 0 aliphatic carbocycles. The summed E-state index contributed by atoms with van der Waals surface area (Å²) in [6.45, 7) is 3.01. The van der Waals surface area contributed by atoms with E-state index in [4.69, 9.17) is 9.47 Å². The van der Waals surface area contributed by atoms with Crippen molar-refractivity contribution in [2.24, 2.45) is 0 Å². The number of aromatic nitrogens is 1. The van der Waals surface area contributed by atoms with Crippen LogP contribution in [0.15, 0.2) is 18.3 Å². The van der Waals surface area contributed by atoms with Crippen molar-refractivity contribution in [1.29, 1.82) is 0 Å². The van der Waals surface area contributed by atoms with E-state index in [1.165, 1.54) is 6.07 Å². The molecule has 1 aromatic heterocycles. The molecule has 2 atom stereocenters. The van der Waals surface area contributed by atoms with Gasteiger partial charge in [-0.3, -0.25) is 9.88 Å². The molecule has 3 heterocycles. The third kappa shape index (κ3) is 2.57. The molecule has 0 radical (unpaired) electrons. The van der Waals surface area contributed by atoms with Gasteiger partial charge in [-0.1, -0.05) is 0 Å². The van der Waals surface area contributed by atoms with Crippen LogP contribution in [0.25, 0.3) is 0 Å². The number of nitrogens with zero attached hydrogens (tertiary/aromatic N) is 2. The Labute approximate surface area is 118 Å². The molecule has 110 valence electrons. The van der Waals surface area contributed by atoms with Gasteiger partial charge in [0.1, 0.15) is 11.4 Å². The largest absolute Gasteiger partial charge is 0.378 e. The first-order chi connectivity index (χ1) is 9.73. The Kier molecular flexibility index (Phi) is 4.01. The summed E-state index contributed by atoms with van der Waals surface area (Å²) in [5, 5.41) is 0. The Morgan fingerprint density at radius 2 is 2.50 bits per heavy atom. The predicted molar refractivity (Wildman–Crippen MR) is 72.8 cm³/mol. The van der Waals surface area contributed by atoms with Gasteiger partial charge in [0.25, 0.3) is 0 Å². The van der Waals surface area contributed by atoms with Crippen LogP contribution >= 0.6 is 0 Å². The molecular formula is C15H21FN2O2. The monoisotopic (exact) mass is 280 g/mol. The molecule has 0 bridgehead atoms. The van der Waals surface area contributed by atoms with Gasteiger partial charge in [-0.15, -0.1) is 0 Å². The Morgan fingerprint density at radius 3 is 3.20 bits per heavy atom. The van der Waals surface area contributed by atoms with Crippen molar-refractivity contribution in [2.45, 2.75) is 37.5 Å². The van der Waals surface area contributed by atoms with Crippen LogP contribution < -0.4 is 0 Å². The number of piperidine rings is 1. The van der Waals surface area contributed by atoms with Crippen LogP contribution in [-0.4, -0.2) is 48.4 Å². The van der Waals surface area contributed by atoms with Crippen LogP contribution in [0.3, 0.4) is 0 Å². The molecular weight excluding hydrogens is 259 g/mol. The van der Waals surface area contributed by atoms with Gasteiger partial charge < -0.3 is 9.47 Å². The summed E-state index contributed by atoms with van der Waals surface area (Å²) in [7, 11) is 1.75. The molecule has 2 aliphatic rings. The average molecular weight is 280 g/mol. The fourth-order valence-corrected chi connectivity index (χ4v) is 3.43. The van der Waals surface area contributed by atoms with E-state index in [2.05, 4.69) is 9.88 Å². The Hall–Kier alpha value is -1.04. The fraction of sp³-hybridized carbons (Fsp3) is 0.667. The van der Waals surface area contributed by atoms with Gasteiger partial charge in [0.15, 0.2) is 0 Å². The van der Waals surface area contributed by atoms with Crippen LogP contribution in [0.5, 0.6) is 0 Å². The highest BCUT2D eigenvalue weighted by Crippen LogP contribution is 2.36. The molecule has 0 saturated carbocycles. The third-order valence-corrected chi connectivity index (χ3v) is 4.41. The Bertz CT molecular complexity index is 463. The number of ether oxygens (including phenoxy) is 2. The highest BCUT2D eigenvalue weighted by Gasteiger charge is 2.47. The molecule has 0 aromatic carbocycles. The highest BCUT2D eigenvalue weighted by molar-refractivity contribution is 5.08. The molecule has 3 rings (SSSR count). The van der Waals surface area contributed by atoms with Gasteiger partial charge in [0.2, 0.25) is 0 Å². The Morgan fingerprint density at radius 1 is 1.60 bits per heavy atom. The van der Waals surface area contributed by atoms with E-state index in [-0.39, 0.29) is 17.5 Å². The number of pyridine rings is 1. The van der Waals surface area contributed by atoms with Gasteiger partial charge in [-0.25, -0.2) is 4.39 Å². The smallest absolute Gasteiger partial charge is 0.146 e. The quantitative estimate of drug-likeness (QED) is 0.848. The summed E-state index contributed by atoms with van der Waals surface area (Å²) in [4.78, 5) is 6.37. The van der Waals surface area contributed by atoms with Crippen molar-refractivity contribution in [2.75, 3.05) is 26.8 Å². The SMILES string of the molecule is CO[C@H]1CCN(Cc2ncccc2F)C[C@@]12CCCO2. The Balaban J connectivity index is 1.72. The summed E-state index contributed by atoms with van der Waals surface area (Å²) in [5.74, 6) is -0.234. The van der Waals surface area contributed by atoms with Gasteiger partial charge in [-0.2, -0.15) is 0 Å². The van der Waals surface area contributed by atoms with Crippen LogP contribution in [0.4, 0.5) is 4.39 Å². The summed E-state index contributed by atoms with van der Waals surface area (Å²) < 4.78 is 25.3. The van der Waals surface area contributed by atoms with Gasteiger partial charge in [0, 0.05) is 39.5 Å². The number of hydrogen-bond acceptors (Lipinski definition) is 4. The number of hydrogen-bond donors (Lipinski definition) is 0. The zero-order valence-electron chi connectivity index (χ0n) is 11.8. The lowest BCUT2D eigenvalue weighted by molar-refractivity contribution is -0.145. The van der Waals surface area contributed by atoms with E-state index >= 15 is 0 Å². The number of likely N-dealkylation sites (tertiary alicyclic amines) is 1. The van der Waals surface area contributed by atoms with E-state index in [1.807, 2.05) is 0 Å². The van der Waals surface area contributed by atoms with Gasteiger partial charge in [-0.05, 0) is 31.4 Å². The second-order valence-corrected chi connectivity index (χ2v) is 5.67. The summed E-state index contributed by atoms with van der Waals surface area (Å²) in [5.41, 5.74) is 0.301. The third-order valence-electron chi connectivity index (χ3n) is 4.41. The lowest BCUT2D eigenvalue weighted by Gasteiger charge is -2.44. The van der Waals surface area contributed by atoms with Crippen molar-refractivity contribution < 1.29 is 13.9 Å². The molecule has 0 amide bonds. The maximum absolute atomic E-state index is 13.7. The number of methoxy groups -OCH3 is 1. The highest BCUT2D eigenvalue weighted by atomic mass is 19.1. The van der Waals surface area contributed by atoms with E-state index < -0.39 is 0 Å². The van der Waals surface area contributed by atoms with E-state index in [9.17, 15) is 4.39 Å². The standard InChI is InChI=1S/C15H21FN2O2/c1-19-14-5-8-18(11-15(14)6-3-9-20-15)10-13-12(16)4-2-7-17-13/h2,4,7,14H,3,5-6,8-11H2,1H3/t14-,15-/m0/s1. The van der Waals surface area contributed by atoms with Gasteiger partial charge in [0.05, 0.1) is 11.8 Å². The number of rotatable bonds is 3. The molecule has 2 saturated heterocycles. The zero-order valence-corrected chi connectivity index (χ0v) is 11.8. The van der Waals surface area contributed by atoms with Crippen molar-refractivity contribution in [3.8, 4) is 0 Å². The average Bonchev–Trinajstić information content (AvgIpc) is 2.90. The molecule has 5 heteroatoms. The zero-order chi connectivity index (χ0) is 14.0. The van der Waals surface area contributed by atoms with Crippen molar-refractivity contribution in [3.05, 3.63) is 29.8 Å². The van der Waals surface area contributed by atoms with E-state index in [0.29, 0.717) is 12.2 Å². The first-order valence-electron chi connectivity index (χ1n) is 7.22. The molecule has 20 heavy (non-hydrogen) atoms. The molecule has 1 aromatic rings. The number of halogens is 1. The van der Waals surface area contributed by atoms with Crippen molar-refractivity contribution in [1.82, 2.24) is 9.88 Å². The lowest BCUT2D eigenvalue weighted by Crippen LogP contribution is -2.56. The maximum atomic E-state index is 13.7. The minimum absolute atomic E-state index is 0.148. The maximum Gasteiger partial charge on any atom is 0.146 e. The normalized spacial score (nSPS) is 31.0. The van der Waals surface area contributed by atoms with Crippen LogP contribution in [-0.2, 0) is 16.0 Å². The summed E-state index contributed by atoms with van der Waals surface area (Å²) in [6, 6.07) is 3.09. The summed E-state index contributed by atoms with van der Waals surface area (Å²) in [6.07, 6.45) is 4.81. The topological polar surface area (TPSA) is 34.6 Å². The second kappa shape index (κ2) is 5.76. The minimum Gasteiger partial charge on any atom is -0.378 e. The molecule has 1 spiro atoms. The molecule has 0 N–H and O–H groups in total. The lowest BCUT2D eigenvalue weighted by atomic mass is 9.86. The molecule has 2 aliphatic heterocycles. The van der Waals surface area contributed by atoms with Crippen LogP contribution in [0, 0.1) is 5.82 Å².